The van der Waals surface area contributed by atoms with Gasteiger partial charge in [-0.2, -0.15) is 4.98 Å². The van der Waals surface area contributed by atoms with Crippen LogP contribution in [0.2, 0.25) is 0 Å². The second kappa shape index (κ2) is 6.92. The van der Waals surface area contributed by atoms with Gasteiger partial charge in [0.2, 0.25) is 5.89 Å². The van der Waals surface area contributed by atoms with Gasteiger partial charge in [0.05, 0.1) is 18.8 Å². The minimum Gasteiger partial charge on any atom is -0.338 e. The molecule has 1 aromatic heterocycles. The Hall–Kier alpha value is -1.84. The zero-order chi connectivity index (χ0) is 13.5. The summed E-state index contributed by atoms with van der Waals surface area (Å²) in [5.74, 6) is 3.90. The largest absolute Gasteiger partial charge is 0.338 e. The van der Waals surface area contributed by atoms with Crippen LogP contribution in [-0.4, -0.2) is 16.7 Å². The smallest absolute Gasteiger partial charge is 0.240 e. The van der Waals surface area contributed by atoms with E-state index in [0.717, 1.165) is 4.90 Å². The Morgan fingerprint density at radius 2 is 2.16 bits per heavy atom. The van der Waals surface area contributed by atoms with Crippen molar-refractivity contribution < 1.29 is 8.91 Å². The molecule has 0 aliphatic carbocycles. The lowest BCUT2D eigenvalue weighted by atomic mass is 10.4. The fraction of sp³-hybridized carbons (Fsp3) is 0.231. The van der Waals surface area contributed by atoms with Gasteiger partial charge in [0.25, 0.3) is 0 Å². The third kappa shape index (κ3) is 4.39. The molecule has 0 radical (unpaired) electrons. The van der Waals surface area contributed by atoms with Gasteiger partial charge in [0.15, 0.2) is 5.82 Å². The lowest BCUT2D eigenvalue weighted by Gasteiger charge is -1.97. The van der Waals surface area contributed by atoms with Gasteiger partial charge < -0.3 is 4.52 Å². The second-order valence-electron chi connectivity index (χ2n) is 3.65. The average molecular weight is 277 g/mol. The molecule has 4 nitrogen and oxygen atoms in total. The number of hydrogen-bond acceptors (Lipinski definition) is 5. The van der Waals surface area contributed by atoms with Gasteiger partial charge in [-0.1, -0.05) is 11.1 Å². The van der Waals surface area contributed by atoms with E-state index in [1.165, 1.54) is 23.9 Å². The Balaban J connectivity index is 1.83. The van der Waals surface area contributed by atoms with Gasteiger partial charge in [-0.15, -0.1) is 18.2 Å². The summed E-state index contributed by atoms with van der Waals surface area (Å²) >= 11 is 1.52. The maximum absolute atomic E-state index is 12.7. The molecule has 0 fully saturated rings. The first-order valence-corrected chi connectivity index (χ1v) is 6.60. The molecule has 0 saturated carbocycles. The Bertz CT molecular complexity index is 562. The molecule has 2 rings (SSSR count). The highest BCUT2D eigenvalue weighted by molar-refractivity contribution is 7.98. The molecule has 0 atom stereocenters. The van der Waals surface area contributed by atoms with Crippen molar-refractivity contribution in [1.82, 2.24) is 15.5 Å². The summed E-state index contributed by atoms with van der Waals surface area (Å²) in [5.41, 5.74) is 0. The SMILES string of the molecule is C#CCNCc1nc(CSc2ccc(F)cc2)no1. The van der Waals surface area contributed by atoms with Crippen molar-refractivity contribution in [2.75, 3.05) is 6.54 Å². The summed E-state index contributed by atoms with van der Waals surface area (Å²) < 4.78 is 17.8. The van der Waals surface area contributed by atoms with E-state index >= 15 is 0 Å². The molecule has 19 heavy (non-hydrogen) atoms. The molecular weight excluding hydrogens is 265 g/mol. The Kier molecular flexibility index (Phi) is 4.95. The second-order valence-corrected chi connectivity index (χ2v) is 4.70. The molecule has 0 saturated heterocycles. The molecule has 0 aliphatic heterocycles. The van der Waals surface area contributed by atoms with Crippen molar-refractivity contribution in [3.05, 3.63) is 41.8 Å². The first-order valence-electron chi connectivity index (χ1n) is 5.62. The first kappa shape index (κ1) is 13.6. The number of hydrogen-bond donors (Lipinski definition) is 1. The Morgan fingerprint density at radius 1 is 1.37 bits per heavy atom. The van der Waals surface area contributed by atoms with Crippen LogP contribution in [0.5, 0.6) is 0 Å². The van der Waals surface area contributed by atoms with Crippen molar-refractivity contribution in [3.63, 3.8) is 0 Å². The van der Waals surface area contributed by atoms with Crippen LogP contribution in [-0.2, 0) is 12.3 Å². The lowest BCUT2D eigenvalue weighted by Crippen LogP contribution is -2.13. The number of terminal acetylenes is 1. The van der Waals surface area contributed by atoms with Gasteiger partial charge in [0, 0.05) is 4.90 Å². The van der Waals surface area contributed by atoms with Crippen LogP contribution in [0, 0.1) is 18.2 Å². The van der Waals surface area contributed by atoms with Gasteiger partial charge in [-0.05, 0) is 24.3 Å². The predicted molar refractivity (Wildman–Crippen MR) is 70.8 cm³/mol. The van der Waals surface area contributed by atoms with Crippen LogP contribution in [0.1, 0.15) is 11.7 Å². The third-order valence-electron chi connectivity index (χ3n) is 2.20. The van der Waals surface area contributed by atoms with Crippen molar-refractivity contribution in [2.24, 2.45) is 0 Å². The number of thioether (sulfide) groups is 1. The molecule has 2 aromatic rings. The van der Waals surface area contributed by atoms with Crippen LogP contribution in [0.3, 0.4) is 0 Å². The van der Waals surface area contributed by atoms with Crippen LogP contribution in [0.15, 0.2) is 33.7 Å². The Labute approximate surface area is 114 Å². The molecule has 1 heterocycles. The third-order valence-corrected chi connectivity index (χ3v) is 3.20. The lowest BCUT2D eigenvalue weighted by molar-refractivity contribution is 0.366. The summed E-state index contributed by atoms with van der Waals surface area (Å²) in [6.45, 7) is 0.917. The van der Waals surface area contributed by atoms with Gasteiger partial charge in [-0.3, -0.25) is 5.32 Å². The molecule has 0 bridgehead atoms. The highest BCUT2D eigenvalue weighted by Gasteiger charge is 2.06. The van der Waals surface area contributed by atoms with Crippen molar-refractivity contribution in [3.8, 4) is 12.3 Å². The van der Waals surface area contributed by atoms with Crippen LogP contribution in [0.4, 0.5) is 4.39 Å². The minimum atomic E-state index is -0.245. The fourth-order valence-corrected chi connectivity index (χ4v) is 2.08. The number of aromatic nitrogens is 2. The normalized spacial score (nSPS) is 10.3. The predicted octanol–water partition coefficient (Wildman–Crippen LogP) is 2.22. The van der Waals surface area contributed by atoms with Crippen molar-refractivity contribution in [2.45, 2.75) is 17.2 Å². The highest BCUT2D eigenvalue weighted by Crippen LogP contribution is 2.21. The Morgan fingerprint density at radius 3 is 2.89 bits per heavy atom. The zero-order valence-corrected chi connectivity index (χ0v) is 10.9. The maximum atomic E-state index is 12.7. The number of rotatable bonds is 6. The van der Waals surface area contributed by atoms with Crippen LogP contribution < -0.4 is 5.32 Å². The minimum absolute atomic E-state index is 0.245. The van der Waals surface area contributed by atoms with E-state index in [-0.39, 0.29) is 5.82 Å². The highest BCUT2D eigenvalue weighted by atomic mass is 32.2. The zero-order valence-electron chi connectivity index (χ0n) is 10.1. The summed E-state index contributed by atoms with van der Waals surface area (Å²) in [4.78, 5) is 5.17. The number of benzene rings is 1. The van der Waals surface area contributed by atoms with E-state index in [4.69, 9.17) is 10.9 Å². The quantitative estimate of drug-likeness (QED) is 0.498. The molecule has 6 heteroatoms. The van der Waals surface area contributed by atoms with Crippen LogP contribution in [0.25, 0.3) is 0 Å². The van der Waals surface area contributed by atoms with E-state index in [9.17, 15) is 4.39 Å². The summed E-state index contributed by atoms with van der Waals surface area (Å²) in [5, 5.41) is 6.82. The molecule has 0 amide bonds. The van der Waals surface area contributed by atoms with E-state index in [1.807, 2.05) is 0 Å². The number of nitrogens with zero attached hydrogens (tertiary/aromatic N) is 2. The molecule has 0 unspecified atom stereocenters. The van der Waals surface area contributed by atoms with Gasteiger partial charge in [-0.25, -0.2) is 4.39 Å². The van der Waals surface area contributed by atoms with Crippen molar-refractivity contribution >= 4 is 11.8 Å². The van der Waals surface area contributed by atoms with E-state index in [2.05, 4.69) is 21.4 Å². The molecule has 0 aliphatic rings. The van der Waals surface area contributed by atoms with E-state index in [1.54, 1.807) is 12.1 Å². The molecule has 1 N–H and O–H groups in total. The fourth-order valence-electron chi connectivity index (χ4n) is 1.34. The summed E-state index contributed by atoms with van der Waals surface area (Å²) in [6, 6.07) is 6.28. The van der Waals surface area contributed by atoms with Crippen molar-refractivity contribution in [1.29, 1.82) is 0 Å². The maximum Gasteiger partial charge on any atom is 0.240 e. The standard InChI is InChI=1S/C13H12FN3OS/c1-2-7-15-8-13-16-12(17-18-13)9-19-11-5-3-10(14)4-6-11/h1,3-6,15H,7-9H2. The molecular formula is C13H12FN3OS. The van der Waals surface area contributed by atoms with Gasteiger partial charge >= 0.3 is 0 Å². The molecule has 98 valence electrons. The molecule has 1 aromatic carbocycles. The number of halogens is 1. The topological polar surface area (TPSA) is 51.0 Å². The van der Waals surface area contributed by atoms with E-state index < -0.39 is 0 Å². The average Bonchev–Trinajstić information content (AvgIpc) is 2.86. The number of nitrogens with one attached hydrogen (secondary N) is 1. The summed E-state index contributed by atoms with van der Waals surface area (Å²) in [7, 11) is 0. The first-order chi connectivity index (χ1) is 9.28. The van der Waals surface area contributed by atoms with Gasteiger partial charge in [0.1, 0.15) is 5.82 Å². The summed E-state index contributed by atoms with van der Waals surface area (Å²) in [6.07, 6.45) is 5.11. The monoisotopic (exact) mass is 277 g/mol. The van der Waals surface area contributed by atoms with Crippen LogP contribution >= 0.6 is 11.8 Å². The van der Waals surface area contributed by atoms with E-state index in [0.29, 0.717) is 30.6 Å². The molecule has 0 spiro atoms.